The van der Waals surface area contributed by atoms with Crippen molar-refractivity contribution in [3.63, 3.8) is 0 Å². The molecular formula is C15H18N6O2S2. The van der Waals surface area contributed by atoms with Crippen LogP contribution in [0.3, 0.4) is 0 Å². The van der Waals surface area contributed by atoms with Gasteiger partial charge in [0.1, 0.15) is 0 Å². The van der Waals surface area contributed by atoms with E-state index in [2.05, 4.69) is 20.7 Å². The van der Waals surface area contributed by atoms with E-state index < -0.39 is 0 Å². The Labute approximate surface area is 152 Å². The molecule has 0 bridgehead atoms. The number of nitrogens with one attached hydrogen (secondary N) is 1. The number of rotatable bonds is 5. The highest BCUT2D eigenvalue weighted by Crippen LogP contribution is 2.26. The number of nitrogens with two attached hydrogens (primary N) is 1. The van der Waals surface area contributed by atoms with E-state index in [0.717, 1.165) is 10.6 Å². The highest BCUT2D eigenvalue weighted by atomic mass is 32.2. The summed E-state index contributed by atoms with van der Waals surface area (Å²) >= 11 is 2.72. The molecule has 0 saturated carbocycles. The minimum atomic E-state index is -0.234. The van der Waals surface area contributed by atoms with Gasteiger partial charge >= 0.3 is 0 Å². The first-order chi connectivity index (χ1) is 11.8. The molecule has 8 nitrogen and oxygen atoms in total. The van der Waals surface area contributed by atoms with Crippen LogP contribution in [0.5, 0.6) is 0 Å². The fraction of sp³-hybridized carbons (Fsp3) is 0.333. The Hall–Kier alpha value is -2.33. The van der Waals surface area contributed by atoms with Crippen LogP contribution >= 0.6 is 23.1 Å². The van der Waals surface area contributed by atoms with Crippen molar-refractivity contribution in [3.05, 3.63) is 29.3 Å². The first-order valence-electron chi connectivity index (χ1n) is 7.49. The van der Waals surface area contributed by atoms with Crippen molar-refractivity contribution < 1.29 is 9.32 Å². The molecule has 0 radical (unpaired) electrons. The van der Waals surface area contributed by atoms with Crippen LogP contribution in [0.4, 0.5) is 5.88 Å². The standard InChI is InChI=1S/C15H18N6O2S2/c1-15(2,3)10-7-12(23-20-10)17-11(22)8-25-14-19-18-13(21(14)16)9-5-4-6-24-9/h4-7H,8,16H2,1-3H3,(H,17,22). The lowest BCUT2D eigenvalue weighted by molar-refractivity contribution is -0.113. The molecule has 0 aliphatic rings. The number of hydrogen-bond donors (Lipinski definition) is 2. The summed E-state index contributed by atoms with van der Waals surface area (Å²) in [5, 5.41) is 17.1. The molecular weight excluding hydrogens is 360 g/mol. The van der Waals surface area contributed by atoms with Crippen LogP contribution in [0.2, 0.25) is 0 Å². The van der Waals surface area contributed by atoms with Crippen molar-refractivity contribution in [2.45, 2.75) is 31.3 Å². The van der Waals surface area contributed by atoms with Gasteiger partial charge in [0, 0.05) is 11.5 Å². The van der Waals surface area contributed by atoms with Crippen molar-refractivity contribution in [1.29, 1.82) is 0 Å². The fourth-order valence-electron chi connectivity index (χ4n) is 1.94. The highest BCUT2D eigenvalue weighted by Gasteiger charge is 2.20. The molecule has 3 aromatic rings. The smallest absolute Gasteiger partial charge is 0.237 e. The molecule has 0 aliphatic heterocycles. The predicted octanol–water partition coefficient (Wildman–Crippen LogP) is 2.74. The van der Waals surface area contributed by atoms with E-state index in [4.69, 9.17) is 10.4 Å². The summed E-state index contributed by atoms with van der Waals surface area (Å²) in [4.78, 5) is 13.0. The van der Waals surface area contributed by atoms with Gasteiger partial charge in [0.05, 0.1) is 16.3 Å². The zero-order valence-corrected chi connectivity index (χ0v) is 15.6. The van der Waals surface area contributed by atoms with E-state index >= 15 is 0 Å². The third kappa shape index (κ3) is 4.02. The summed E-state index contributed by atoms with van der Waals surface area (Å²) in [6, 6.07) is 5.55. The number of thiophene rings is 1. The Kier molecular flexibility index (Phi) is 4.82. The van der Waals surface area contributed by atoms with Gasteiger partial charge < -0.3 is 10.4 Å². The molecule has 0 aliphatic carbocycles. The predicted molar refractivity (Wildman–Crippen MR) is 98.0 cm³/mol. The molecule has 0 fully saturated rings. The Morgan fingerprint density at radius 3 is 2.88 bits per heavy atom. The first kappa shape index (κ1) is 17.5. The molecule has 3 aromatic heterocycles. The number of hydrogen-bond acceptors (Lipinski definition) is 8. The van der Waals surface area contributed by atoms with Crippen molar-refractivity contribution in [3.8, 4) is 10.7 Å². The molecule has 0 spiro atoms. The van der Waals surface area contributed by atoms with E-state index in [0.29, 0.717) is 16.9 Å². The Morgan fingerprint density at radius 2 is 2.24 bits per heavy atom. The Balaban J connectivity index is 1.59. The van der Waals surface area contributed by atoms with E-state index in [1.165, 1.54) is 27.8 Å². The molecule has 3 heterocycles. The maximum Gasteiger partial charge on any atom is 0.237 e. The second-order valence-electron chi connectivity index (χ2n) is 6.32. The molecule has 132 valence electrons. The van der Waals surface area contributed by atoms with Crippen LogP contribution in [0, 0.1) is 0 Å². The van der Waals surface area contributed by atoms with Crippen molar-refractivity contribution in [2.75, 3.05) is 16.9 Å². The monoisotopic (exact) mass is 378 g/mol. The number of aromatic nitrogens is 4. The van der Waals surface area contributed by atoms with Gasteiger partial charge in [0.25, 0.3) is 0 Å². The van der Waals surface area contributed by atoms with Crippen LogP contribution in [-0.2, 0) is 10.2 Å². The average molecular weight is 378 g/mol. The summed E-state index contributed by atoms with van der Waals surface area (Å²) in [6.45, 7) is 6.06. The molecule has 3 rings (SSSR count). The maximum absolute atomic E-state index is 12.1. The SMILES string of the molecule is CC(C)(C)c1cc(NC(=O)CSc2nnc(-c3cccs3)n2N)on1. The Morgan fingerprint density at radius 1 is 1.44 bits per heavy atom. The van der Waals surface area contributed by atoms with Gasteiger partial charge in [-0.05, 0) is 11.4 Å². The van der Waals surface area contributed by atoms with Crippen molar-refractivity contribution >= 4 is 34.9 Å². The normalized spacial score (nSPS) is 11.6. The molecule has 0 unspecified atom stereocenters. The first-order valence-corrected chi connectivity index (χ1v) is 9.35. The number of carbonyl (C=O) groups is 1. The number of nitrogens with zero attached hydrogens (tertiary/aromatic N) is 4. The van der Waals surface area contributed by atoms with Crippen LogP contribution < -0.4 is 11.2 Å². The number of thioether (sulfide) groups is 1. The number of carbonyl (C=O) groups excluding carboxylic acids is 1. The summed E-state index contributed by atoms with van der Waals surface area (Å²) in [7, 11) is 0. The lowest BCUT2D eigenvalue weighted by atomic mass is 9.92. The molecule has 3 N–H and O–H groups in total. The summed E-state index contributed by atoms with van der Waals surface area (Å²) in [5.41, 5.74) is 0.632. The minimum absolute atomic E-state index is 0.130. The van der Waals surface area contributed by atoms with Gasteiger partial charge in [-0.25, -0.2) is 4.68 Å². The largest absolute Gasteiger partial charge is 0.338 e. The quantitative estimate of drug-likeness (QED) is 0.518. The van der Waals surface area contributed by atoms with Gasteiger partial charge in [-0.3, -0.25) is 10.1 Å². The van der Waals surface area contributed by atoms with E-state index in [1.54, 1.807) is 6.07 Å². The summed E-state index contributed by atoms with van der Waals surface area (Å²) in [5.74, 6) is 6.79. The van der Waals surface area contributed by atoms with Crippen LogP contribution in [0.1, 0.15) is 26.5 Å². The van der Waals surface area contributed by atoms with Gasteiger partial charge in [0.15, 0.2) is 5.82 Å². The molecule has 0 atom stereocenters. The van der Waals surface area contributed by atoms with Gasteiger partial charge in [-0.2, -0.15) is 0 Å². The molecule has 25 heavy (non-hydrogen) atoms. The number of amides is 1. The van der Waals surface area contributed by atoms with Crippen LogP contribution in [0.25, 0.3) is 10.7 Å². The summed E-state index contributed by atoms with van der Waals surface area (Å²) < 4.78 is 6.53. The molecule has 0 saturated heterocycles. The lowest BCUT2D eigenvalue weighted by Gasteiger charge is -2.12. The fourth-order valence-corrected chi connectivity index (χ4v) is 3.30. The summed E-state index contributed by atoms with van der Waals surface area (Å²) in [6.07, 6.45) is 0. The number of anilines is 1. The minimum Gasteiger partial charge on any atom is -0.338 e. The Bertz CT molecular complexity index is 863. The third-order valence-electron chi connectivity index (χ3n) is 3.28. The van der Waals surface area contributed by atoms with Gasteiger partial charge in [-0.1, -0.05) is 43.8 Å². The van der Waals surface area contributed by atoms with Crippen molar-refractivity contribution in [2.24, 2.45) is 0 Å². The van der Waals surface area contributed by atoms with Gasteiger partial charge in [0.2, 0.25) is 16.9 Å². The second-order valence-corrected chi connectivity index (χ2v) is 8.21. The molecule has 0 aromatic carbocycles. The second kappa shape index (κ2) is 6.89. The van der Waals surface area contributed by atoms with E-state index in [1.807, 2.05) is 38.3 Å². The zero-order valence-electron chi connectivity index (χ0n) is 14.0. The number of nitrogen functional groups attached to an aromatic ring is 1. The molecule has 1 amide bonds. The van der Waals surface area contributed by atoms with E-state index in [9.17, 15) is 4.79 Å². The zero-order chi connectivity index (χ0) is 18.0. The van der Waals surface area contributed by atoms with Gasteiger partial charge in [-0.15, -0.1) is 21.5 Å². The lowest BCUT2D eigenvalue weighted by Crippen LogP contribution is -2.16. The average Bonchev–Trinajstić information content (AvgIpc) is 3.25. The molecule has 10 heteroatoms. The maximum atomic E-state index is 12.1. The van der Waals surface area contributed by atoms with Crippen LogP contribution in [0.15, 0.2) is 33.3 Å². The third-order valence-corrected chi connectivity index (χ3v) is 5.09. The van der Waals surface area contributed by atoms with Crippen LogP contribution in [-0.4, -0.2) is 31.7 Å². The topological polar surface area (TPSA) is 112 Å². The van der Waals surface area contributed by atoms with Crippen molar-refractivity contribution in [1.82, 2.24) is 20.0 Å². The van der Waals surface area contributed by atoms with E-state index in [-0.39, 0.29) is 17.1 Å². The highest BCUT2D eigenvalue weighted by molar-refractivity contribution is 7.99.